The molecule has 2 aliphatic rings. The molecule has 27 heavy (non-hydrogen) atoms. The van der Waals surface area contributed by atoms with Crippen molar-refractivity contribution >= 4 is 17.7 Å². The molecule has 0 spiro atoms. The van der Waals surface area contributed by atoms with E-state index in [1.165, 1.54) is 0 Å². The van der Waals surface area contributed by atoms with Crippen LogP contribution in [0.2, 0.25) is 0 Å². The van der Waals surface area contributed by atoms with Gasteiger partial charge in [-0.2, -0.15) is 0 Å². The number of likely N-dealkylation sites (tertiary alicyclic amines) is 1. The van der Waals surface area contributed by atoms with E-state index in [9.17, 15) is 9.90 Å². The summed E-state index contributed by atoms with van der Waals surface area (Å²) in [5, 5.41) is 16.8. The third-order valence-electron chi connectivity index (χ3n) is 5.39. The summed E-state index contributed by atoms with van der Waals surface area (Å²) in [6, 6.07) is 2.59. The molecule has 0 aliphatic carbocycles. The number of aliphatic hydroxyl groups excluding tert-OH is 1. The fourth-order valence-electron chi connectivity index (χ4n) is 3.87. The second kappa shape index (κ2) is 8.71. The van der Waals surface area contributed by atoms with E-state index in [-0.39, 0.29) is 18.2 Å². The average molecular weight is 377 g/mol. The van der Waals surface area contributed by atoms with E-state index in [4.69, 9.17) is 0 Å². The van der Waals surface area contributed by atoms with Crippen molar-refractivity contribution in [2.45, 2.75) is 37.5 Å². The van der Waals surface area contributed by atoms with E-state index in [0.29, 0.717) is 12.6 Å². The summed E-state index contributed by atoms with van der Waals surface area (Å²) >= 11 is 0. The zero-order valence-electron chi connectivity index (χ0n) is 16.4. The van der Waals surface area contributed by atoms with Crippen LogP contribution in [0.15, 0.2) is 12.4 Å². The fourth-order valence-corrected chi connectivity index (χ4v) is 3.87. The van der Waals surface area contributed by atoms with Gasteiger partial charge < -0.3 is 30.4 Å². The molecule has 2 saturated heterocycles. The number of amides is 2. The Morgan fingerprint density at radius 3 is 2.74 bits per heavy atom. The van der Waals surface area contributed by atoms with Crippen molar-refractivity contribution in [3.8, 4) is 0 Å². The van der Waals surface area contributed by atoms with Crippen LogP contribution in [0.1, 0.15) is 19.3 Å². The number of anilines is 2. The van der Waals surface area contributed by atoms with Gasteiger partial charge in [-0.05, 0) is 19.3 Å². The van der Waals surface area contributed by atoms with Crippen LogP contribution in [-0.2, 0) is 0 Å². The van der Waals surface area contributed by atoms with E-state index in [0.717, 1.165) is 50.5 Å². The Kier molecular flexibility index (Phi) is 6.33. The predicted molar refractivity (Wildman–Crippen MR) is 105 cm³/mol. The molecule has 1 aromatic heterocycles. The summed E-state index contributed by atoms with van der Waals surface area (Å²) in [7, 11) is 5.41. The second-order valence-corrected chi connectivity index (χ2v) is 7.55. The van der Waals surface area contributed by atoms with Crippen LogP contribution in [0.5, 0.6) is 0 Å². The largest absolute Gasteiger partial charge is 0.391 e. The van der Waals surface area contributed by atoms with Crippen LogP contribution < -0.4 is 15.5 Å². The number of nitrogens with one attached hydrogen (secondary N) is 2. The molecule has 2 amide bonds. The van der Waals surface area contributed by atoms with Crippen LogP contribution in [0.3, 0.4) is 0 Å². The maximum atomic E-state index is 12.0. The molecule has 9 nitrogen and oxygen atoms in total. The number of urea groups is 1. The molecule has 2 fully saturated rings. The number of carbonyl (C=O) groups excluding carboxylic acids is 1. The summed E-state index contributed by atoms with van der Waals surface area (Å²) in [5.74, 6) is 1.61. The molecule has 0 radical (unpaired) electrons. The number of piperidine rings is 1. The van der Waals surface area contributed by atoms with Gasteiger partial charge in [0, 0.05) is 65.5 Å². The zero-order chi connectivity index (χ0) is 19.4. The SMILES string of the molecule is CNc1cc(N2C[C@H](O)C[C@@H]2CNC2CCN(C(=O)N(C)C)CC2)ncn1. The highest BCUT2D eigenvalue weighted by atomic mass is 16.3. The van der Waals surface area contributed by atoms with E-state index >= 15 is 0 Å². The van der Waals surface area contributed by atoms with Crippen molar-refractivity contribution in [3.63, 3.8) is 0 Å². The minimum atomic E-state index is -0.343. The number of hydrogen-bond acceptors (Lipinski definition) is 7. The molecule has 9 heteroatoms. The van der Waals surface area contributed by atoms with Crippen molar-refractivity contribution < 1.29 is 9.90 Å². The van der Waals surface area contributed by atoms with Gasteiger partial charge in [-0.1, -0.05) is 0 Å². The lowest BCUT2D eigenvalue weighted by Crippen LogP contribution is -2.50. The lowest BCUT2D eigenvalue weighted by molar-refractivity contribution is 0.152. The standard InChI is InChI=1S/C18H31N7O2/c1-19-16-9-17(22-12-21-16)25-11-15(26)8-14(25)10-20-13-4-6-24(7-5-13)18(27)23(2)3/h9,12-15,20,26H,4-8,10-11H2,1-3H3,(H,19,21,22)/t14-,15-/m1/s1. The van der Waals surface area contributed by atoms with Gasteiger partial charge in [-0.25, -0.2) is 14.8 Å². The zero-order valence-corrected chi connectivity index (χ0v) is 16.4. The van der Waals surface area contributed by atoms with Crippen molar-refractivity contribution in [1.82, 2.24) is 25.1 Å². The molecule has 0 aromatic carbocycles. The Morgan fingerprint density at radius 1 is 1.33 bits per heavy atom. The molecule has 0 bridgehead atoms. The molecule has 3 rings (SSSR count). The first-order valence-electron chi connectivity index (χ1n) is 9.62. The Hall–Kier alpha value is -2.13. The number of β-amino-alcohol motifs (C(OH)–C–C–N with tert-alkyl or cyclic N) is 1. The van der Waals surface area contributed by atoms with Gasteiger partial charge in [0.15, 0.2) is 0 Å². The van der Waals surface area contributed by atoms with Crippen molar-refractivity contribution in [2.24, 2.45) is 0 Å². The average Bonchev–Trinajstić information content (AvgIpc) is 3.06. The number of hydrogen-bond donors (Lipinski definition) is 3. The number of nitrogens with zero attached hydrogens (tertiary/aromatic N) is 5. The number of carbonyl (C=O) groups is 1. The fraction of sp³-hybridized carbons (Fsp3) is 0.722. The molecule has 3 N–H and O–H groups in total. The Labute approximate surface area is 160 Å². The first kappa shape index (κ1) is 19.6. The molecular weight excluding hydrogens is 346 g/mol. The molecule has 3 heterocycles. The number of aromatic nitrogens is 2. The maximum absolute atomic E-state index is 12.0. The van der Waals surface area contributed by atoms with Gasteiger partial charge in [0.25, 0.3) is 0 Å². The summed E-state index contributed by atoms with van der Waals surface area (Å²) < 4.78 is 0. The first-order chi connectivity index (χ1) is 13.0. The van der Waals surface area contributed by atoms with Crippen molar-refractivity contribution in [2.75, 3.05) is 57.5 Å². The van der Waals surface area contributed by atoms with Crippen LogP contribution >= 0.6 is 0 Å². The van der Waals surface area contributed by atoms with Crippen LogP contribution in [0.25, 0.3) is 0 Å². The first-order valence-corrected chi connectivity index (χ1v) is 9.62. The van der Waals surface area contributed by atoms with E-state index in [1.54, 1.807) is 25.3 Å². The van der Waals surface area contributed by atoms with E-state index in [2.05, 4.69) is 25.5 Å². The van der Waals surface area contributed by atoms with Crippen LogP contribution in [-0.4, -0.2) is 96.4 Å². The molecule has 0 saturated carbocycles. The Morgan fingerprint density at radius 2 is 2.07 bits per heavy atom. The van der Waals surface area contributed by atoms with Crippen LogP contribution in [0, 0.1) is 0 Å². The summed E-state index contributed by atoms with van der Waals surface area (Å²) in [5.41, 5.74) is 0. The predicted octanol–water partition coefficient (Wildman–Crippen LogP) is 0.194. The molecule has 0 unspecified atom stereocenters. The highest BCUT2D eigenvalue weighted by Gasteiger charge is 2.33. The topological polar surface area (TPSA) is 96.9 Å². The van der Waals surface area contributed by atoms with Crippen molar-refractivity contribution in [1.29, 1.82) is 0 Å². The Bertz CT molecular complexity index is 634. The summed E-state index contributed by atoms with van der Waals surface area (Å²) in [4.78, 5) is 26.3. The number of aliphatic hydroxyl groups is 1. The van der Waals surface area contributed by atoms with Gasteiger partial charge in [0.05, 0.1) is 6.10 Å². The Balaban J connectivity index is 1.53. The van der Waals surface area contributed by atoms with Gasteiger partial charge in [-0.3, -0.25) is 0 Å². The molecular formula is C18H31N7O2. The van der Waals surface area contributed by atoms with Gasteiger partial charge in [-0.15, -0.1) is 0 Å². The highest BCUT2D eigenvalue weighted by molar-refractivity contribution is 5.73. The third kappa shape index (κ3) is 4.78. The molecule has 150 valence electrons. The maximum Gasteiger partial charge on any atom is 0.319 e. The minimum absolute atomic E-state index is 0.0858. The smallest absolute Gasteiger partial charge is 0.319 e. The summed E-state index contributed by atoms with van der Waals surface area (Å²) in [6.07, 6.45) is 3.83. The van der Waals surface area contributed by atoms with E-state index < -0.39 is 0 Å². The number of rotatable bonds is 5. The second-order valence-electron chi connectivity index (χ2n) is 7.55. The highest BCUT2D eigenvalue weighted by Crippen LogP contribution is 2.25. The lowest BCUT2D eigenvalue weighted by atomic mass is 10.0. The summed E-state index contributed by atoms with van der Waals surface area (Å²) in [6.45, 7) is 2.94. The van der Waals surface area contributed by atoms with Gasteiger partial charge in [0.2, 0.25) is 0 Å². The lowest BCUT2D eigenvalue weighted by Gasteiger charge is -2.35. The minimum Gasteiger partial charge on any atom is -0.391 e. The van der Waals surface area contributed by atoms with Gasteiger partial charge in [0.1, 0.15) is 18.0 Å². The van der Waals surface area contributed by atoms with Crippen LogP contribution in [0.4, 0.5) is 16.4 Å². The van der Waals surface area contributed by atoms with Gasteiger partial charge >= 0.3 is 6.03 Å². The third-order valence-corrected chi connectivity index (χ3v) is 5.39. The van der Waals surface area contributed by atoms with E-state index in [1.807, 2.05) is 18.0 Å². The normalized spacial score (nSPS) is 23.6. The quantitative estimate of drug-likeness (QED) is 0.674. The molecule has 2 aliphatic heterocycles. The van der Waals surface area contributed by atoms with Crippen molar-refractivity contribution in [3.05, 3.63) is 12.4 Å². The molecule has 2 atom stereocenters. The molecule has 1 aromatic rings. The monoisotopic (exact) mass is 377 g/mol.